The van der Waals surface area contributed by atoms with Crippen molar-refractivity contribution in [3.63, 3.8) is 0 Å². The first kappa shape index (κ1) is 12.8. The molecule has 0 radical (unpaired) electrons. The van der Waals surface area contributed by atoms with Crippen molar-refractivity contribution < 1.29 is 0 Å². The molecule has 1 aromatic carbocycles. The largest absolute Gasteiger partial charge is 0.354 e. The van der Waals surface area contributed by atoms with E-state index in [0.717, 1.165) is 5.70 Å². The number of allylic oxidation sites excluding steroid dienone is 1. The van der Waals surface area contributed by atoms with Crippen LogP contribution in [0.25, 0.3) is 6.08 Å². The lowest BCUT2D eigenvalue weighted by atomic mass is 10.0. The third kappa shape index (κ3) is 3.44. The molecule has 0 saturated carbocycles. The number of hydrogen-bond donors (Lipinski definition) is 2. The summed E-state index contributed by atoms with van der Waals surface area (Å²) in [4.78, 5) is 0. The molecule has 2 rings (SSSR count). The molecule has 2 nitrogen and oxygen atoms in total. The van der Waals surface area contributed by atoms with Crippen molar-refractivity contribution in [1.82, 2.24) is 10.6 Å². The zero-order chi connectivity index (χ0) is 13.2. The molecular formula is C15H18N2S. The van der Waals surface area contributed by atoms with E-state index in [0.29, 0.717) is 5.11 Å². The Morgan fingerprint density at radius 3 is 2.67 bits per heavy atom. The average molecular weight is 258 g/mol. The average Bonchev–Trinajstić information content (AvgIpc) is 2.24. The van der Waals surface area contributed by atoms with E-state index in [9.17, 15) is 0 Å². The van der Waals surface area contributed by atoms with Crippen LogP contribution in [-0.2, 0) is 0 Å². The van der Waals surface area contributed by atoms with Crippen molar-refractivity contribution in [1.29, 1.82) is 0 Å². The van der Waals surface area contributed by atoms with E-state index in [4.69, 9.17) is 12.2 Å². The molecule has 0 amide bonds. The summed E-state index contributed by atoms with van der Waals surface area (Å²) < 4.78 is 0. The highest BCUT2D eigenvalue weighted by molar-refractivity contribution is 7.80. The van der Waals surface area contributed by atoms with Gasteiger partial charge in [-0.3, -0.25) is 0 Å². The van der Waals surface area contributed by atoms with Gasteiger partial charge in [0.1, 0.15) is 0 Å². The van der Waals surface area contributed by atoms with Crippen LogP contribution in [0.4, 0.5) is 0 Å². The molecular weight excluding hydrogens is 240 g/mol. The van der Waals surface area contributed by atoms with Crippen molar-refractivity contribution in [2.75, 3.05) is 0 Å². The van der Waals surface area contributed by atoms with Gasteiger partial charge in [0, 0.05) is 5.70 Å². The Balaban J connectivity index is 2.19. The fourth-order valence-corrected chi connectivity index (χ4v) is 2.35. The van der Waals surface area contributed by atoms with Crippen LogP contribution in [0.5, 0.6) is 0 Å². The zero-order valence-corrected chi connectivity index (χ0v) is 11.8. The quantitative estimate of drug-likeness (QED) is 0.797. The molecule has 1 heterocycles. The van der Waals surface area contributed by atoms with Gasteiger partial charge in [-0.1, -0.05) is 35.9 Å². The van der Waals surface area contributed by atoms with Gasteiger partial charge in [0.05, 0.1) is 5.54 Å². The number of nitrogens with one attached hydrogen (secondary N) is 2. The molecule has 0 aliphatic carbocycles. The summed E-state index contributed by atoms with van der Waals surface area (Å²) in [6.45, 7) is 6.29. The topological polar surface area (TPSA) is 24.1 Å². The Bertz CT molecular complexity index is 527. The van der Waals surface area contributed by atoms with Crippen LogP contribution >= 0.6 is 12.2 Å². The first-order valence-electron chi connectivity index (χ1n) is 6.01. The fraction of sp³-hybridized carbons (Fsp3) is 0.267. The second kappa shape index (κ2) is 4.94. The van der Waals surface area contributed by atoms with Crippen LogP contribution in [0, 0.1) is 6.92 Å². The van der Waals surface area contributed by atoms with Gasteiger partial charge in [-0.15, -0.1) is 0 Å². The minimum atomic E-state index is -0.103. The SMILES string of the molecule is Cc1cccc(C=CC2=CC(C)(C)NC(=S)N2)c1. The first-order valence-corrected chi connectivity index (χ1v) is 6.42. The Labute approximate surface area is 114 Å². The summed E-state index contributed by atoms with van der Waals surface area (Å²) in [6.07, 6.45) is 6.29. The van der Waals surface area contributed by atoms with Gasteiger partial charge in [0.25, 0.3) is 0 Å². The monoisotopic (exact) mass is 258 g/mol. The smallest absolute Gasteiger partial charge is 0.171 e. The predicted octanol–water partition coefficient (Wildman–Crippen LogP) is 3.15. The summed E-state index contributed by atoms with van der Waals surface area (Å²) in [5.74, 6) is 0. The number of rotatable bonds is 2. The molecule has 1 aliphatic rings. The minimum Gasteiger partial charge on any atom is -0.354 e. The van der Waals surface area contributed by atoms with Gasteiger partial charge in [-0.2, -0.15) is 0 Å². The van der Waals surface area contributed by atoms with Gasteiger partial charge in [-0.25, -0.2) is 0 Å². The highest BCUT2D eigenvalue weighted by atomic mass is 32.1. The summed E-state index contributed by atoms with van der Waals surface area (Å²) >= 11 is 5.19. The van der Waals surface area contributed by atoms with Crippen molar-refractivity contribution in [3.05, 3.63) is 53.2 Å². The van der Waals surface area contributed by atoms with Crippen molar-refractivity contribution >= 4 is 23.4 Å². The van der Waals surface area contributed by atoms with Crippen LogP contribution in [0.15, 0.2) is 42.1 Å². The van der Waals surface area contributed by atoms with Crippen LogP contribution in [-0.4, -0.2) is 10.7 Å². The maximum atomic E-state index is 5.19. The minimum absolute atomic E-state index is 0.103. The van der Waals surface area contributed by atoms with Crippen molar-refractivity contribution in [2.24, 2.45) is 0 Å². The van der Waals surface area contributed by atoms with Gasteiger partial charge >= 0.3 is 0 Å². The van der Waals surface area contributed by atoms with Crippen LogP contribution in [0.2, 0.25) is 0 Å². The second-order valence-electron chi connectivity index (χ2n) is 5.15. The highest BCUT2D eigenvalue weighted by Gasteiger charge is 2.20. The second-order valence-corrected chi connectivity index (χ2v) is 5.56. The van der Waals surface area contributed by atoms with Crippen LogP contribution < -0.4 is 10.6 Å². The molecule has 0 spiro atoms. The first-order chi connectivity index (χ1) is 8.44. The van der Waals surface area contributed by atoms with Crippen molar-refractivity contribution in [3.8, 4) is 0 Å². The standard InChI is InChI=1S/C15H18N2S/c1-11-5-4-6-12(9-11)7-8-13-10-15(2,3)17-14(18)16-13/h4-10H,1-3H3,(H2,16,17,18). The number of benzene rings is 1. The third-order valence-corrected chi connectivity index (χ3v) is 2.91. The van der Waals surface area contributed by atoms with Gasteiger partial charge < -0.3 is 10.6 Å². The molecule has 0 aromatic heterocycles. The molecule has 0 fully saturated rings. The molecule has 3 heteroatoms. The fourth-order valence-electron chi connectivity index (χ4n) is 1.97. The van der Waals surface area contributed by atoms with Crippen LogP contribution in [0.1, 0.15) is 25.0 Å². The van der Waals surface area contributed by atoms with E-state index in [1.807, 2.05) is 0 Å². The van der Waals surface area contributed by atoms with E-state index in [1.54, 1.807) is 0 Å². The summed E-state index contributed by atoms with van der Waals surface area (Å²) in [6, 6.07) is 8.40. The number of hydrogen-bond acceptors (Lipinski definition) is 1. The maximum Gasteiger partial charge on any atom is 0.171 e. The van der Waals surface area contributed by atoms with E-state index >= 15 is 0 Å². The maximum absolute atomic E-state index is 5.19. The number of thiocarbonyl (C=S) groups is 1. The van der Waals surface area contributed by atoms with E-state index in [1.165, 1.54) is 11.1 Å². The van der Waals surface area contributed by atoms with Gasteiger partial charge in [0.2, 0.25) is 0 Å². The molecule has 0 unspecified atom stereocenters. The Hall–Kier alpha value is -1.61. The normalized spacial score (nSPS) is 18.2. The Kier molecular flexibility index (Phi) is 3.53. The van der Waals surface area contributed by atoms with E-state index in [2.05, 4.69) is 73.9 Å². The molecule has 1 aromatic rings. The number of aryl methyl sites for hydroxylation is 1. The lowest BCUT2D eigenvalue weighted by Crippen LogP contribution is -2.51. The van der Waals surface area contributed by atoms with Gasteiger partial charge in [0.15, 0.2) is 5.11 Å². The molecule has 94 valence electrons. The Morgan fingerprint density at radius 2 is 2.00 bits per heavy atom. The lowest BCUT2D eigenvalue weighted by Gasteiger charge is -2.30. The summed E-state index contributed by atoms with van der Waals surface area (Å²) in [5, 5.41) is 7.03. The molecule has 0 bridgehead atoms. The third-order valence-electron chi connectivity index (χ3n) is 2.71. The molecule has 2 N–H and O–H groups in total. The van der Waals surface area contributed by atoms with E-state index < -0.39 is 0 Å². The van der Waals surface area contributed by atoms with Crippen molar-refractivity contribution in [2.45, 2.75) is 26.3 Å². The highest BCUT2D eigenvalue weighted by Crippen LogP contribution is 2.14. The predicted molar refractivity (Wildman–Crippen MR) is 81.2 cm³/mol. The molecule has 0 saturated heterocycles. The summed E-state index contributed by atoms with van der Waals surface area (Å²) in [7, 11) is 0. The zero-order valence-electron chi connectivity index (χ0n) is 10.9. The Morgan fingerprint density at radius 1 is 1.22 bits per heavy atom. The lowest BCUT2D eigenvalue weighted by molar-refractivity contribution is 0.555. The molecule has 18 heavy (non-hydrogen) atoms. The summed E-state index contributed by atoms with van der Waals surface area (Å²) in [5.41, 5.74) is 3.39. The molecule has 0 atom stereocenters. The van der Waals surface area contributed by atoms with Gasteiger partial charge in [-0.05, 0) is 50.7 Å². The van der Waals surface area contributed by atoms with E-state index in [-0.39, 0.29) is 5.54 Å². The van der Waals surface area contributed by atoms with Crippen LogP contribution in [0.3, 0.4) is 0 Å². The molecule has 1 aliphatic heterocycles.